The molecule has 2 aromatic rings. The van der Waals surface area contributed by atoms with E-state index >= 15 is 0 Å². The van der Waals surface area contributed by atoms with Crippen LogP contribution in [0.4, 0.5) is 19.0 Å². The number of nitrogens with one attached hydrogen (secondary N) is 1. The van der Waals surface area contributed by atoms with Gasteiger partial charge in [-0.05, 0) is 87.0 Å². The maximum Gasteiger partial charge on any atom is 0.434 e. The maximum absolute atomic E-state index is 13.3. The van der Waals surface area contributed by atoms with Gasteiger partial charge in [0.1, 0.15) is 5.82 Å². The summed E-state index contributed by atoms with van der Waals surface area (Å²) in [6, 6.07) is 6.19. The highest BCUT2D eigenvalue weighted by atomic mass is 19.4. The van der Waals surface area contributed by atoms with Crippen LogP contribution in [0.15, 0.2) is 30.5 Å². The first kappa shape index (κ1) is 20.9. The third kappa shape index (κ3) is 4.77. The fourth-order valence-electron chi connectivity index (χ4n) is 6.44. The monoisotopic (exact) mass is 489 g/mol. The zero-order valence-electron chi connectivity index (χ0n) is 21.6. The molecular weight excluding hydrogens is 455 g/mol. The molecule has 2 aromatic heterocycles. The lowest BCUT2D eigenvalue weighted by Gasteiger charge is -2.47. The molecule has 0 aromatic carbocycles. The predicted molar refractivity (Wildman–Crippen MR) is 126 cm³/mol. The lowest BCUT2D eigenvalue weighted by Crippen LogP contribution is -2.47. The predicted octanol–water partition coefficient (Wildman–Crippen LogP) is 5.03. The molecule has 1 spiro atoms. The van der Waals surface area contributed by atoms with Crippen LogP contribution in [0, 0.1) is 17.8 Å². The first-order chi connectivity index (χ1) is 17.6. The standard InChI is InChI=1S/C26H32F3N5O/c27-26(28,29)24-21(3-1-9-30-24)22-4-5-23(33-32-22)31-20-11-18-15-34(16-19(18)12-20)14-17-6-10-35-25(13-17)7-2-8-25/h1,3-5,9,17-20H,2,6-8,10-16H2,(H,31,33)/t17?,18-,19+,20?/i14D2. The third-order valence-corrected chi connectivity index (χ3v) is 8.24. The summed E-state index contributed by atoms with van der Waals surface area (Å²) in [6.45, 7) is 0.857. The summed E-state index contributed by atoms with van der Waals surface area (Å²) in [4.78, 5) is 5.56. The Kier molecular flexibility index (Phi) is 5.37. The Labute approximate surface area is 206 Å². The Hall–Kier alpha value is -2.26. The van der Waals surface area contributed by atoms with Gasteiger partial charge in [-0.1, -0.05) is 0 Å². The molecule has 1 N–H and O–H groups in total. The van der Waals surface area contributed by atoms with Crippen LogP contribution in [0.25, 0.3) is 11.3 Å². The third-order valence-electron chi connectivity index (χ3n) is 8.24. The van der Waals surface area contributed by atoms with Gasteiger partial charge in [0.15, 0.2) is 5.69 Å². The topological polar surface area (TPSA) is 63.2 Å². The lowest BCUT2D eigenvalue weighted by atomic mass is 9.72. The second-order valence-corrected chi connectivity index (χ2v) is 10.6. The Bertz CT molecular complexity index is 1110. The fourth-order valence-corrected chi connectivity index (χ4v) is 6.44. The summed E-state index contributed by atoms with van der Waals surface area (Å²) in [5, 5.41) is 11.6. The average Bonchev–Trinajstić information content (AvgIpc) is 3.42. The van der Waals surface area contributed by atoms with Crippen molar-refractivity contribution in [1.29, 1.82) is 0 Å². The van der Waals surface area contributed by atoms with Gasteiger partial charge in [0.2, 0.25) is 0 Å². The van der Waals surface area contributed by atoms with Crippen molar-refractivity contribution in [2.24, 2.45) is 17.8 Å². The molecule has 4 heterocycles. The summed E-state index contributed by atoms with van der Waals surface area (Å²) in [7, 11) is 0. The van der Waals surface area contributed by atoms with E-state index in [4.69, 9.17) is 7.48 Å². The molecular formula is C26H32F3N5O. The molecule has 4 aliphatic rings. The van der Waals surface area contributed by atoms with Gasteiger partial charge in [0.05, 0.1) is 11.3 Å². The number of hydrogen-bond donors (Lipinski definition) is 1. The van der Waals surface area contributed by atoms with E-state index in [1.54, 1.807) is 6.07 Å². The number of rotatable bonds is 5. The molecule has 9 heteroatoms. The molecule has 35 heavy (non-hydrogen) atoms. The molecule has 6 rings (SSSR count). The van der Waals surface area contributed by atoms with E-state index in [-0.39, 0.29) is 28.8 Å². The van der Waals surface area contributed by atoms with Crippen molar-refractivity contribution >= 4 is 5.82 Å². The van der Waals surface area contributed by atoms with E-state index in [0.717, 1.165) is 57.8 Å². The van der Waals surface area contributed by atoms with Gasteiger partial charge in [0.25, 0.3) is 0 Å². The van der Waals surface area contributed by atoms with Gasteiger partial charge in [-0.2, -0.15) is 13.2 Å². The van der Waals surface area contributed by atoms with Crippen LogP contribution in [-0.4, -0.2) is 57.9 Å². The molecule has 6 nitrogen and oxygen atoms in total. The second kappa shape index (κ2) is 9.00. The first-order valence-corrected chi connectivity index (χ1v) is 12.6. The number of halogens is 3. The Morgan fingerprint density at radius 1 is 1.14 bits per heavy atom. The van der Waals surface area contributed by atoms with Crippen molar-refractivity contribution in [2.75, 3.05) is 31.5 Å². The number of pyridine rings is 1. The van der Waals surface area contributed by atoms with Crippen LogP contribution in [0.5, 0.6) is 0 Å². The quantitative estimate of drug-likeness (QED) is 0.636. The molecule has 188 valence electrons. The van der Waals surface area contributed by atoms with E-state index in [1.165, 1.54) is 24.6 Å². The van der Waals surface area contributed by atoms with Gasteiger partial charge in [-0.3, -0.25) is 4.98 Å². The summed E-state index contributed by atoms with van der Waals surface area (Å²) in [5.74, 6) is 1.39. The van der Waals surface area contributed by atoms with Crippen LogP contribution in [0.3, 0.4) is 0 Å². The Morgan fingerprint density at radius 2 is 1.94 bits per heavy atom. The van der Waals surface area contributed by atoms with Crippen molar-refractivity contribution in [3.8, 4) is 11.3 Å². The van der Waals surface area contributed by atoms with Gasteiger partial charge < -0.3 is 15.0 Å². The summed E-state index contributed by atoms with van der Waals surface area (Å²) in [5.41, 5.74) is -1.000. The Morgan fingerprint density at radius 3 is 2.60 bits per heavy atom. The number of alkyl halides is 3. The molecule has 2 saturated carbocycles. The molecule has 0 amide bonds. The second-order valence-electron chi connectivity index (χ2n) is 10.6. The van der Waals surface area contributed by atoms with Crippen molar-refractivity contribution in [1.82, 2.24) is 20.1 Å². The first-order valence-electron chi connectivity index (χ1n) is 13.6. The largest absolute Gasteiger partial charge is 0.434 e. The van der Waals surface area contributed by atoms with Gasteiger partial charge in [-0.25, -0.2) is 0 Å². The number of fused-ring (bicyclic) bond motifs is 1. The van der Waals surface area contributed by atoms with Gasteiger partial charge >= 0.3 is 6.18 Å². The van der Waals surface area contributed by atoms with Crippen molar-refractivity contribution in [3.63, 3.8) is 0 Å². The minimum atomic E-state index is -4.57. The molecule has 4 atom stereocenters. The van der Waals surface area contributed by atoms with E-state index in [1.807, 2.05) is 0 Å². The molecule has 2 unspecified atom stereocenters. The fraction of sp³-hybridized carbons (Fsp3) is 0.654. The highest BCUT2D eigenvalue weighted by molar-refractivity contribution is 5.62. The molecule has 2 aliphatic heterocycles. The summed E-state index contributed by atoms with van der Waals surface area (Å²) < 4.78 is 63.9. The number of aromatic nitrogens is 3. The zero-order chi connectivity index (χ0) is 25.8. The van der Waals surface area contributed by atoms with E-state index in [9.17, 15) is 13.2 Å². The van der Waals surface area contributed by atoms with Crippen molar-refractivity contribution < 1.29 is 20.6 Å². The molecule has 2 saturated heterocycles. The van der Waals surface area contributed by atoms with Gasteiger partial charge in [0, 0.05) is 46.7 Å². The Balaban J connectivity index is 1.06. The van der Waals surface area contributed by atoms with Gasteiger partial charge in [-0.15, -0.1) is 10.2 Å². The summed E-state index contributed by atoms with van der Waals surface area (Å²) in [6.07, 6.45) is 3.30. The lowest BCUT2D eigenvalue weighted by molar-refractivity contribution is -0.145. The minimum absolute atomic E-state index is 0.0146. The minimum Gasteiger partial charge on any atom is -0.375 e. The molecule has 2 aliphatic carbocycles. The van der Waals surface area contributed by atoms with Crippen molar-refractivity contribution in [3.05, 3.63) is 36.2 Å². The normalized spacial score (nSPS) is 31.5. The SMILES string of the molecule is [2H]C([2H])(C1CCOC2(CCC2)C1)N1C[C@H]2CC(Nc3ccc(-c4cccnc4C(F)(F)F)nn3)C[C@H]2C1. The number of ether oxygens (including phenoxy) is 1. The van der Waals surface area contributed by atoms with E-state index < -0.39 is 18.4 Å². The number of anilines is 1. The average molecular weight is 490 g/mol. The van der Waals surface area contributed by atoms with Crippen molar-refractivity contribution in [2.45, 2.75) is 62.8 Å². The zero-order valence-corrected chi connectivity index (χ0v) is 19.6. The van der Waals surface area contributed by atoms with Crippen LogP contribution in [-0.2, 0) is 10.9 Å². The van der Waals surface area contributed by atoms with E-state index in [0.29, 0.717) is 24.3 Å². The molecule has 4 fully saturated rings. The van der Waals surface area contributed by atoms with Crippen LogP contribution in [0.2, 0.25) is 0 Å². The van der Waals surface area contributed by atoms with Crippen LogP contribution in [0.1, 0.15) is 53.4 Å². The number of hydrogen-bond acceptors (Lipinski definition) is 6. The highest BCUT2D eigenvalue weighted by Crippen LogP contribution is 2.45. The number of likely N-dealkylation sites (tertiary alicyclic amines) is 1. The number of nitrogens with zero attached hydrogens (tertiary/aromatic N) is 4. The molecule has 0 radical (unpaired) electrons. The van der Waals surface area contributed by atoms with Crippen LogP contribution < -0.4 is 5.32 Å². The van der Waals surface area contributed by atoms with Crippen LogP contribution >= 0.6 is 0 Å². The maximum atomic E-state index is 13.3. The molecule has 0 bridgehead atoms. The smallest absolute Gasteiger partial charge is 0.375 e. The highest BCUT2D eigenvalue weighted by Gasteiger charge is 2.45. The summed E-state index contributed by atoms with van der Waals surface area (Å²) >= 11 is 0. The van der Waals surface area contributed by atoms with E-state index in [2.05, 4.69) is 25.4 Å².